The van der Waals surface area contributed by atoms with E-state index in [0.29, 0.717) is 12.1 Å². The lowest BCUT2D eigenvalue weighted by Crippen LogP contribution is -2.14. The number of nitrogens with zero attached hydrogens (tertiary/aromatic N) is 1. The smallest absolute Gasteiger partial charge is 0.213 e. The van der Waals surface area contributed by atoms with Crippen LogP contribution in [0.15, 0.2) is 36.5 Å². The van der Waals surface area contributed by atoms with E-state index in [1.54, 1.807) is 18.3 Å². The molecule has 2 aromatic rings. The third kappa shape index (κ3) is 3.86. The van der Waals surface area contributed by atoms with Crippen molar-refractivity contribution in [3.05, 3.63) is 47.8 Å². The average molecular weight is 266 g/mol. The topological polar surface area (TPSA) is 101 Å². The number of hydrogen-bond donors (Lipinski definition) is 3. The van der Waals surface area contributed by atoms with E-state index in [2.05, 4.69) is 15.5 Å². The van der Waals surface area contributed by atoms with Crippen LogP contribution in [0.3, 0.4) is 0 Å². The highest BCUT2D eigenvalue weighted by Crippen LogP contribution is 2.12. The molecule has 0 saturated heterocycles. The van der Waals surface area contributed by atoms with E-state index >= 15 is 0 Å². The molecule has 0 aliphatic heterocycles. The van der Waals surface area contributed by atoms with Crippen LogP contribution in [0, 0.1) is 0 Å². The predicted molar refractivity (Wildman–Crippen MR) is 69.2 cm³/mol. The zero-order valence-corrected chi connectivity index (χ0v) is 10.4. The molecule has 0 fully saturated rings. The Balaban J connectivity index is 1.95. The lowest BCUT2D eigenvalue weighted by atomic mass is 10.2. The Bertz CT molecular complexity index is 590. The first-order valence-corrected chi connectivity index (χ1v) is 7.06. The van der Waals surface area contributed by atoms with Gasteiger partial charge in [0, 0.05) is 11.9 Å². The molecule has 1 heterocycles. The summed E-state index contributed by atoms with van der Waals surface area (Å²) in [6.45, 7) is 0.633. The third-order valence-electron chi connectivity index (χ3n) is 2.36. The number of sulfonamides is 1. The summed E-state index contributed by atoms with van der Waals surface area (Å²) < 4.78 is 21.8. The average Bonchev–Trinajstić information content (AvgIpc) is 2.79. The SMILES string of the molecule is NS(=O)(=O)Cc1ccc(NCc2ccn[nH]2)cc1. The van der Waals surface area contributed by atoms with Crippen LogP contribution in [-0.4, -0.2) is 18.6 Å². The molecule has 0 aliphatic rings. The number of primary sulfonamides is 1. The van der Waals surface area contributed by atoms with Gasteiger partial charge in [-0.15, -0.1) is 0 Å². The number of anilines is 1. The van der Waals surface area contributed by atoms with E-state index in [1.807, 2.05) is 18.2 Å². The molecular formula is C11H14N4O2S. The van der Waals surface area contributed by atoms with Crippen molar-refractivity contribution < 1.29 is 8.42 Å². The van der Waals surface area contributed by atoms with E-state index in [1.165, 1.54) is 0 Å². The fraction of sp³-hybridized carbons (Fsp3) is 0.182. The van der Waals surface area contributed by atoms with Crippen molar-refractivity contribution >= 4 is 15.7 Å². The minimum Gasteiger partial charge on any atom is -0.379 e. The molecule has 6 nitrogen and oxygen atoms in total. The second kappa shape index (κ2) is 5.19. The standard InChI is InChI=1S/C11H14N4O2S/c12-18(16,17)8-9-1-3-10(4-2-9)13-7-11-5-6-14-15-11/h1-6,13H,7-8H2,(H,14,15)(H2,12,16,17). The molecule has 2 rings (SSSR count). The van der Waals surface area contributed by atoms with Crippen molar-refractivity contribution in [2.24, 2.45) is 5.14 Å². The van der Waals surface area contributed by atoms with Gasteiger partial charge < -0.3 is 5.32 Å². The summed E-state index contributed by atoms with van der Waals surface area (Å²) in [4.78, 5) is 0. The Kier molecular flexibility index (Phi) is 3.63. The number of rotatable bonds is 5. The van der Waals surface area contributed by atoms with Crippen molar-refractivity contribution in [1.29, 1.82) is 0 Å². The second-order valence-electron chi connectivity index (χ2n) is 3.94. The predicted octanol–water partition coefficient (Wildman–Crippen LogP) is 0.810. The zero-order valence-electron chi connectivity index (χ0n) is 9.63. The maximum Gasteiger partial charge on any atom is 0.213 e. The first-order valence-electron chi connectivity index (χ1n) is 5.34. The summed E-state index contributed by atoms with van der Waals surface area (Å²) in [7, 11) is -3.47. The van der Waals surface area contributed by atoms with Crippen LogP contribution in [-0.2, 0) is 22.3 Å². The summed E-state index contributed by atoms with van der Waals surface area (Å²) in [5, 5.41) is 14.8. The number of nitrogens with one attached hydrogen (secondary N) is 2. The molecular weight excluding hydrogens is 252 g/mol. The number of benzene rings is 1. The van der Waals surface area contributed by atoms with Crippen LogP contribution >= 0.6 is 0 Å². The van der Waals surface area contributed by atoms with Crippen molar-refractivity contribution in [2.45, 2.75) is 12.3 Å². The van der Waals surface area contributed by atoms with Gasteiger partial charge in [0.05, 0.1) is 18.0 Å². The van der Waals surface area contributed by atoms with Gasteiger partial charge in [0.25, 0.3) is 0 Å². The fourth-order valence-corrected chi connectivity index (χ4v) is 2.19. The number of nitrogens with two attached hydrogens (primary N) is 1. The molecule has 7 heteroatoms. The van der Waals surface area contributed by atoms with E-state index in [4.69, 9.17) is 5.14 Å². The van der Waals surface area contributed by atoms with Gasteiger partial charge in [-0.05, 0) is 23.8 Å². The minimum absolute atomic E-state index is 0.145. The van der Waals surface area contributed by atoms with Crippen molar-refractivity contribution in [2.75, 3.05) is 5.32 Å². The second-order valence-corrected chi connectivity index (χ2v) is 5.55. The summed E-state index contributed by atoms with van der Waals surface area (Å²) in [6.07, 6.45) is 1.69. The Hall–Kier alpha value is -1.86. The van der Waals surface area contributed by atoms with Gasteiger partial charge in [0.1, 0.15) is 0 Å². The molecule has 0 unspecified atom stereocenters. The van der Waals surface area contributed by atoms with Crippen molar-refractivity contribution in [3.8, 4) is 0 Å². The first kappa shape index (κ1) is 12.6. The van der Waals surface area contributed by atoms with Gasteiger partial charge in [0.2, 0.25) is 10.0 Å². The Morgan fingerprint density at radius 2 is 1.94 bits per heavy atom. The third-order valence-corrected chi connectivity index (χ3v) is 3.10. The largest absolute Gasteiger partial charge is 0.379 e. The number of aromatic amines is 1. The van der Waals surface area contributed by atoms with Gasteiger partial charge in [-0.3, -0.25) is 5.10 Å². The van der Waals surface area contributed by atoms with Gasteiger partial charge >= 0.3 is 0 Å². The normalized spacial score (nSPS) is 11.4. The molecule has 0 radical (unpaired) electrons. The number of hydrogen-bond acceptors (Lipinski definition) is 4. The fourth-order valence-electron chi connectivity index (χ4n) is 1.53. The lowest BCUT2D eigenvalue weighted by Gasteiger charge is -2.06. The van der Waals surface area contributed by atoms with Gasteiger partial charge in [-0.2, -0.15) is 5.10 Å². The van der Waals surface area contributed by atoms with Crippen LogP contribution in [0.25, 0.3) is 0 Å². The zero-order chi connectivity index (χ0) is 13.0. The first-order chi connectivity index (χ1) is 8.53. The van der Waals surface area contributed by atoms with Crippen LogP contribution in [0.4, 0.5) is 5.69 Å². The van der Waals surface area contributed by atoms with Crippen molar-refractivity contribution in [3.63, 3.8) is 0 Å². The van der Waals surface area contributed by atoms with Gasteiger partial charge in [0.15, 0.2) is 0 Å². The molecule has 0 amide bonds. The molecule has 0 bridgehead atoms. The van der Waals surface area contributed by atoms with Gasteiger partial charge in [-0.1, -0.05) is 12.1 Å². The summed E-state index contributed by atoms with van der Waals surface area (Å²) in [5.74, 6) is -0.145. The monoisotopic (exact) mass is 266 g/mol. The number of H-pyrrole nitrogens is 1. The quantitative estimate of drug-likeness (QED) is 0.745. The summed E-state index contributed by atoms with van der Waals surface area (Å²) >= 11 is 0. The molecule has 18 heavy (non-hydrogen) atoms. The van der Waals surface area contributed by atoms with E-state index < -0.39 is 10.0 Å². The van der Waals surface area contributed by atoms with Crippen LogP contribution in [0.1, 0.15) is 11.3 Å². The molecule has 0 saturated carbocycles. The lowest BCUT2D eigenvalue weighted by molar-refractivity contribution is 0.597. The molecule has 0 atom stereocenters. The molecule has 1 aromatic carbocycles. The highest BCUT2D eigenvalue weighted by Gasteiger charge is 2.04. The van der Waals surface area contributed by atoms with E-state index in [-0.39, 0.29) is 5.75 Å². The summed E-state index contributed by atoms with van der Waals surface area (Å²) in [5.41, 5.74) is 2.55. The minimum atomic E-state index is -3.47. The Labute approximate surface area is 105 Å². The van der Waals surface area contributed by atoms with E-state index in [9.17, 15) is 8.42 Å². The summed E-state index contributed by atoms with van der Waals surface area (Å²) in [6, 6.07) is 8.98. The highest BCUT2D eigenvalue weighted by molar-refractivity contribution is 7.88. The Morgan fingerprint density at radius 3 is 2.50 bits per heavy atom. The van der Waals surface area contributed by atoms with E-state index in [0.717, 1.165) is 11.4 Å². The maximum atomic E-state index is 10.9. The van der Waals surface area contributed by atoms with Crippen LogP contribution < -0.4 is 10.5 Å². The Morgan fingerprint density at radius 1 is 1.22 bits per heavy atom. The van der Waals surface area contributed by atoms with Crippen molar-refractivity contribution in [1.82, 2.24) is 10.2 Å². The molecule has 96 valence electrons. The molecule has 1 aromatic heterocycles. The molecule has 4 N–H and O–H groups in total. The highest BCUT2D eigenvalue weighted by atomic mass is 32.2. The molecule has 0 spiro atoms. The van der Waals surface area contributed by atoms with Gasteiger partial charge in [-0.25, -0.2) is 13.6 Å². The molecule has 0 aliphatic carbocycles. The maximum absolute atomic E-state index is 10.9. The van der Waals surface area contributed by atoms with Crippen LogP contribution in [0.5, 0.6) is 0 Å². The number of aromatic nitrogens is 2. The van der Waals surface area contributed by atoms with Crippen LogP contribution in [0.2, 0.25) is 0 Å².